The molecule has 0 spiro atoms. The van der Waals surface area contributed by atoms with Gasteiger partial charge in [0.1, 0.15) is 4.88 Å². The monoisotopic (exact) mass is 282 g/mol. The number of nitrogens with zero attached hydrogens (tertiary/aromatic N) is 2. The van der Waals surface area contributed by atoms with Crippen LogP contribution in [0.25, 0.3) is 0 Å². The lowest BCUT2D eigenvalue weighted by Gasteiger charge is -2.10. The lowest BCUT2D eigenvalue weighted by molar-refractivity contribution is 0.0702. The number of carbonyl (C=O) groups is 1. The van der Waals surface area contributed by atoms with Gasteiger partial charge in [-0.3, -0.25) is 0 Å². The van der Waals surface area contributed by atoms with Crippen molar-refractivity contribution >= 4 is 29.1 Å². The van der Waals surface area contributed by atoms with Crippen molar-refractivity contribution in [1.82, 2.24) is 9.55 Å². The Morgan fingerprint density at radius 3 is 3.00 bits per heavy atom. The van der Waals surface area contributed by atoms with Gasteiger partial charge in [0.15, 0.2) is 0 Å². The zero-order valence-corrected chi connectivity index (χ0v) is 11.8. The zero-order valence-electron chi connectivity index (χ0n) is 10.2. The molecule has 96 valence electrons. The second-order valence-electron chi connectivity index (χ2n) is 4.13. The minimum atomic E-state index is -0.862. The normalized spacial score (nSPS) is 11.1. The molecule has 2 rings (SSSR count). The second kappa shape index (κ2) is 5.58. The van der Waals surface area contributed by atoms with Gasteiger partial charge in [0.25, 0.3) is 0 Å². The molecule has 0 bridgehead atoms. The van der Waals surface area contributed by atoms with Gasteiger partial charge in [0.2, 0.25) is 0 Å². The quantitative estimate of drug-likeness (QED) is 0.853. The van der Waals surface area contributed by atoms with E-state index in [-0.39, 0.29) is 0 Å². The third kappa shape index (κ3) is 2.94. The molecule has 0 saturated carbocycles. The van der Waals surface area contributed by atoms with Gasteiger partial charge < -0.3 is 9.67 Å². The van der Waals surface area contributed by atoms with E-state index in [0.29, 0.717) is 10.9 Å². The third-order valence-corrected chi connectivity index (χ3v) is 4.55. The number of aromatic nitrogens is 2. The minimum absolute atomic E-state index is 0.384. The molecule has 0 fully saturated rings. The molecule has 2 aromatic heterocycles. The maximum Gasteiger partial charge on any atom is 0.345 e. The molecule has 0 unspecified atom stereocenters. The Labute approximate surface area is 114 Å². The molecule has 2 heterocycles. The van der Waals surface area contributed by atoms with Crippen molar-refractivity contribution < 1.29 is 9.90 Å². The number of carboxylic acid groups (broad SMARTS) is 1. The van der Waals surface area contributed by atoms with Crippen LogP contribution in [0, 0.1) is 0 Å². The fraction of sp³-hybridized carbons (Fsp3) is 0.333. The standard InChI is InChI=1S/C12H14N2O2S2/c1-8(2)14-7-13-4-9(14)5-17-10-3-11(12(15)16)18-6-10/h3-4,6-8H,5H2,1-2H3,(H,15,16). The van der Waals surface area contributed by atoms with E-state index < -0.39 is 5.97 Å². The zero-order chi connectivity index (χ0) is 13.1. The summed E-state index contributed by atoms with van der Waals surface area (Å²) < 4.78 is 2.12. The molecule has 18 heavy (non-hydrogen) atoms. The number of imidazole rings is 1. The first-order chi connectivity index (χ1) is 8.58. The number of thiophene rings is 1. The second-order valence-corrected chi connectivity index (χ2v) is 6.09. The first kappa shape index (κ1) is 13.2. The number of rotatable bonds is 5. The highest BCUT2D eigenvalue weighted by atomic mass is 32.2. The van der Waals surface area contributed by atoms with Crippen LogP contribution in [0.4, 0.5) is 0 Å². The Kier molecular flexibility index (Phi) is 4.08. The maximum absolute atomic E-state index is 10.8. The van der Waals surface area contributed by atoms with Gasteiger partial charge in [0, 0.05) is 34.0 Å². The number of hydrogen-bond donors (Lipinski definition) is 1. The van der Waals surface area contributed by atoms with Crippen LogP contribution in [0.2, 0.25) is 0 Å². The van der Waals surface area contributed by atoms with Crippen molar-refractivity contribution in [3.8, 4) is 0 Å². The first-order valence-corrected chi connectivity index (χ1v) is 7.39. The Hall–Kier alpha value is -1.27. The van der Waals surface area contributed by atoms with Crippen LogP contribution >= 0.6 is 23.1 Å². The van der Waals surface area contributed by atoms with E-state index in [1.807, 2.05) is 17.9 Å². The molecule has 0 radical (unpaired) electrons. The molecule has 0 aromatic carbocycles. The average molecular weight is 282 g/mol. The van der Waals surface area contributed by atoms with Gasteiger partial charge in [-0.25, -0.2) is 9.78 Å². The van der Waals surface area contributed by atoms with Crippen LogP contribution in [-0.2, 0) is 5.75 Å². The fourth-order valence-electron chi connectivity index (χ4n) is 1.57. The highest BCUT2D eigenvalue weighted by Crippen LogP contribution is 2.28. The van der Waals surface area contributed by atoms with Crippen LogP contribution in [0.1, 0.15) is 35.3 Å². The van der Waals surface area contributed by atoms with Crippen LogP contribution in [0.3, 0.4) is 0 Å². The van der Waals surface area contributed by atoms with Crippen LogP contribution in [-0.4, -0.2) is 20.6 Å². The van der Waals surface area contributed by atoms with Crippen molar-refractivity contribution in [2.45, 2.75) is 30.5 Å². The number of thioether (sulfide) groups is 1. The molecule has 0 saturated heterocycles. The molecule has 2 aromatic rings. The predicted molar refractivity (Wildman–Crippen MR) is 73.5 cm³/mol. The summed E-state index contributed by atoms with van der Waals surface area (Å²) in [6, 6.07) is 2.11. The smallest absolute Gasteiger partial charge is 0.345 e. The van der Waals surface area contributed by atoms with Gasteiger partial charge >= 0.3 is 5.97 Å². The number of hydrogen-bond acceptors (Lipinski definition) is 4. The molecule has 0 aliphatic carbocycles. The van der Waals surface area contributed by atoms with Gasteiger partial charge in [-0.1, -0.05) is 0 Å². The van der Waals surface area contributed by atoms with E-state index in [4.69, 9.17) is 5.11 Å². The molecule has 6 heteroatoms. The van der Waals surface area contributed by atoms with Crippen molar-refractivity contribution in [2.75, 3.05) is 0 Å². The van der Waals surface area contributed by atoms with E-state index in [1.54, 1.807) is 17.8 Å². The maximum atomic E-state index is 10.8. The molecule has 0 aliphatic heterocycles. The fourth-order valence-corrected chi connectivity index (χ4v) is 3.41. The van der Waals surface area contributed by atoms with E-state index >= 15 is 0 Å². The summed E-state index contributed by atoms with van der Waals surface area (Å²) in [5.74, 6) is -0.0624. The molecule has 0 atom stereocenters. The first-order valence-electron chi connectivity index (χ1n) is 5.53. The highest BCUT2D eigenvalue weighted by molar-refractivity contribution is 7.98. The average Bonchev–Trinajstić information content (AvgIpc) is 2.95. The van der Waals surface area contributed by atoms with Crippen molar-refractivity contribution in [2.24, 2.45) is 0 Å². The third-order valence-electron chi connectivity index (χ3n) is 2.48. The lowest BCUT2D eigenvalue weighted by Crippen LogP contribution is -2.02. The molecule has 0 amide bonds. The summed E-state index contributed by atoms with van der Waals surface area (Å²) in [6.45, 7) is 4.23. The van der Waals surface area contributed by atoms with E-state index in [2.05, 4.69) is 23.4 Å². The topological polar surface area (TPSA) is 55.1 Å². The highest BCUT2D eigenvalue weighted by Gasteiger charge is 2.09. The molecule has 0 aliphatic rings. The van der Waals surface area contributed by atoms with Gasteiger partial charge in [0.05, 0.1) is 6.33 Å². The van der Waals surface area contributed by atoms with Crippen LogP contribution in [0.15, 0.2) is 28.9 Å². The predicted octanol–water partition coefficient (Wildman–Crippen LogP) is 3.52. The summed E-state index contributed by atoms with van der Waals surface area (Å²) in [7, 11) is 0. The Morgan fingerprint density at radius 2 is 2.39 bits per heavy atom. The number of aromatic carboxylic acids is 1. The molecular weight excluding hydrogens is 268 g/mol. The van der Waals surface area contributed by atoms with E-state index in [0.717, 1.165) is 16.3 Å². The summed E-state index contributed by atoms with van der Waals surface area (Å²) in [5.41, 5.74) is 1.15. The largest absolute Gasteiger partial charge is 0.477 e. The Balaban J connectivity index is 2.02. The SMILES string of the molecule is CC(C)n1cncc1CSc1csc(C(=O)O)c1. The summed E-state index contributed by atoms with van der Waals surface area (Å²) >= 11 is 2.90. The molecule has 1 N–H and O–H groups in total. The van der Waals surface area contributed by atoms with Crippen molar-refractivity contribution in [3.05, 3.63) is 34.5 Å². The minimum Gasteiger partial charge on any atom is -0.477 e. The molecule has 4 nitrogen and oxygen atoms in total. The summed E-state index contributed by atoms with van der Waals surface area (Å²) in [5, 5.41) is 10.7. The Morgan fingerprint density at radius 1 is 1.61 bits per heavy atom. The van der Waals surface area contributed by atoms with E-state index in [1.165, 1.54) is 11.3 Å². The van der Waals surface area contributed by atoms with Gasteiger partial charge in [-0.2, -0.15) is 0 Å². The van der Waals surface area contributed by atoms with Crippen molar-refractivity contribution in [3.63, 3.8) is 0 Å². The van der Waals surface area contributed by atoms with Crippen LogP contribution < -0.4 is 0 Å². The van der Waals surface area contributed by atoms with E-state index in [9.17, 15) is 4.79 Å². The van der Waals surface area contributed by atoms with Gasteiger partial charge in [-0.05, 0) is 19.9 Å². The Bertz CT molecular complexity index is 546. The van der Waals surface area contributed by atoms with Crippen LogP contribution in [0.5, 0.6) is 0 Å². The van der Waals surface area contributed by atoms with Crippen molar-refractivity contribution in [1.29, 1.82) is 0 Å². The summed E-state index contributed by atoms with van der Waals surface area (Å²) in [4.78, 5) is 16.3. The number of carboxylic acids is 1. The molecular formula is C12H14N2O2S2. The van der Waals surface area contributed by atoms with Gasteiger partial charge in [-0.15, -0.1) is 23.1 Å². The lowest BCUT2D eigenvalue weighted by atomic mass is 10.4. The summed E-state index contributed by atoms with van der Waals surface area (Å²) in [6.07, 6.45) is 3.69.